The molecule has 3 heterocycles. The number of amides is 1. The molecule has 7 nitrogen and oxygen atoms in total. The second-order valence-electron chi connectivity index (χ2n) is 6.45. The normalized spacial score (nSPS) is 25.7. The van der Waals surface area contributed by atoms with Gasteiger partial charge in [0.05, 0.1) is 0 Å². The number of hydrogen-bond donors (Lipinski definition) is 3. The number of carbonyl (C=O) groups is 1. The van der Waals surface area contributed by atoms with Gasteiger partial charge in [-0.15, -0.1) is 0 Å². The molecule has 0 bridgehead atoms. The summed E-state index contributed by atoms with van der Waals surface area (Å²) in [6.45, 7) is 5.12. The molecule has 3 N–H and O–H groups in total. The van der Waals surface area contributed by atoms with Gasteiger partial charge in [-0.25, -0.2) is 13.1 Å². The van der Waals surface area contributed by atoms with E-state index in [0.29, 0.717) is 5.69 Å². The first-order valence-electron chi connectivity index (χ1n) is 8.18. The van der Waals surface area contributed by atoms with E-state index in [0.717, 1.165) is 45.4 Å². The molecule has 1 aromatic heterocycles. The van der Waals surface area contributed by atoms with Gasteiger partial charge in [0.25, 0.3) is 5.91 Å². The van der Waals surface area contributed by atoms with Crippen LogP contribution < -0.4 is 10.0 Å². The molecule has 0 aliphatic carbocycles. The molecule has 2 unspecified atom stereocenters. The van der Waals surface area contributed by atoms with Crippen molar-refractivity contribution in [3.05, 3.63) is 18.0 Å². The summed E-state index contributed by atoms with van der Waals surface area (Å²) in [5.74, 6) is 0.113. The quantitative estimate of drug-likeness (QED) is 0.745. The zero-order valence-electron chi connectivity index (χ0n) is 13.3. The van der Waals surface area contributed by atoms with E-state index >= 15 is 0 Å². The van der Waals surface area contributed by atoms with Crippen molar-refractivity contribution < 1.29 is 13.2 Å². The maximum absolute atomic E-state index is 12.5. The maximum atomic E-state index is 12.5. The van der Waals surface area contributed by atoms with Crippen LogP contribution in [-0.2, 0) is 10.0 Å². The summed E-state index contributed by atoms with van der Waals surface area (Å²) in [7, 11) is -3.61. The minimum atomic E-state index is -3.61. The minimum Gasteiger partial charge on any atom is -0.356 e. The SMILES string of the molecule is CC1CNCCC1NS(=O)(=O)c1c[nH]c(C(=O)N2CCCC2)c1. The monoisotopic (exact) mass is 340 g/mol. The van der Waals surface area contributed by atoms with Crippen molar-refractivity contribution in [1.82, 2.24) is 19.9 Å². The Kier molecular flexibility index (Phi) is 4.74. The highest BCUT2D eigenvalue weighted by Gasteiger charge is 2.28. The third kappa shape index (κ3) is 3.59. The van der Waals surface area contributed by atoms with Crippen LogP contribution in [0.3, 0.4) is 0 Å². The third-order valence-electron chi connectivity index (χ3n) is 4.68. The number of likely N-dealkylation sites (tertiary alicyclic amines) is 1. The summed E-state index contributed by atoms with van der Waals surface area (Å²) in [5.41, 5.74) is 0.339. The summed E-state index contributed by atoms with van der Waals surface area (Å²) in [6, 6.07) is 1.36. The van der Waals surface area contributed by atoms with Gasteiger partial charge in [-0.05, 0) is 44.3 Å². The lowest BCUT2D eigenvalue weighted by atomic mass is 9.97. The molecule has 2 saturated heterocycles. The molecule has 0 saturated carbocycles. The van der Waals surface area contributed by atoms with Crippen molar-refractivity contribution in [3.8, 4) is 0 Å². The fourth-order valence-electron chi connectivity index (χ4n) is 3.20. The number of nitrogens with one attached hydrogen (secondary N) is 3. The lowest BCUT2D eigenvalue weighted by Gasteiger charge is -2.29. The van der Waals surface area contributed by atoms with Crippen molar-refractivity contribution in [2.45, 2.75) is 37.1 Å². The Bertz CT molecular complexity index is 664. The van der Waals surface area contributed by atoms with E-state index in [9.17, 15) is 13.2 Å². The van der Waals surface area contributed by atoms with Gasteiger partial charge in [-0.3, -0.25) is 4.79 Å². The van der Waals surface area contributed by atoms with Crippen LogP contribution in [0, 0.1) is 5.92 Å². The van der Waals surface area contributed by atoms with Crippen molar-refractivity contribution >= 4 is 15.9 Å². The van der Waals surface area contributed by atoms with E-state index in [-0.39, 0.29) is 22.8 Å². The van der Waals surface area contributed by atoms with Crippen LogP contribution in [0.5, 0.6) is 0 Å². The summed E-state index contributed by atoms with van der Waals surface area (Å²) >= 11 is 0. The molecule has 128 valence electrons. The van der Waals surface area contributed by atoms with E-state index in [1.165, 1.54) is 12.3 Å². The van der Waals surface area contributed by atoms with Gasteiger partial charge in [0.1, 0.15) is 10.6 Å². The Balaban J connectivity index is 1.71. The van der Waals surface area contributed by atoms with E-state index in [2.05, 4.69) is 15.0 Å². The van der Waals surface area contributed by atoms with Crippen LogP contribution >= 0.6 is 0 Å². The molecule has 8 heteroatoms. The van der Waals surface area contributed by atoms with Crippen LogP contribution in [0.4, 0.5) is 0 Å². The van der Waals surface area contributed by atoms with Crippen LogP contribution in [0.1, 0.15) is 36.7 Å². The van der Waals surface area contributed by atoms with Crippen molar-refractivity contribution in [2.24, 2.45) is 5.92 Å². The standard InChI is InChI=1S/C15H24N4O3S/c1-11-9-16-5-4-13(11)18-23(21,22)12-8-14(17-10-12)15(20)19-6-2-3-7-19/h8,10-11,13,16-18H,2-7,9H2,1H3. The second kappa shape index (κ2) is 6.62. The van der Waals surface area contributed by atoms with Crippen molar-refractivity contribution in [3.63, 3.8) is 0 Å². The number of H-pyrrole nitrogens is 1. The largest absolute Gasteiger partial charge is 0.356 e. The van der Waals surface area contributed by atoms with Gasteiger partial charge in [0.2, 0.25) is 10.0 Å². The van der Waals surface area contributed by atoms with Crippen LogP contribution in [0.15, 0.2) is 17.2 Å². The first kappa shape index (κ1) is 16.5. The Morgan fingerprint density at radius 3 is 2.78 bits per heavy atom. The Morgan fingerprint density at radius 1 is 1.35 bits per heavy atom. The topological polar surface area (TPSA) is 94.3 Å². The molecule has 2 fully saturated rings. The first-order valence-corrected chi connectivity index (χ1v) is 9.66. The molecule has 23 heavy (non-hydrogen) atoms. The molecule has 0 spiro atoms. The number of carbonyl (C=O) groups excluding carboxylic acids is 1. The molecule has 1 amide bonds. The van der Waals surface area contributed by atoms with Gasteiger partial charge >= 0.3 is 0 Å². The van der Waals surface area contributed by atoms with Crippen molar-refractivity contribution in [2.75, 3.05) is 26.2 Å². The maximum Gasteiger partial charge on any atom is 0.270 e. The highest BCUT2D eigenvalue weighted by atomic mass is 32.2. The molecule has 0 radical (unpaired) electrons. The van der Waals surface area contributed by atoms with E-state index < -0.39 is 10.0 Å². The number of aromatic amines is 1. The van der Waals surface area contributed by atoms with Gasteiger partial charge < -0.3 is 15.2 Å². The molecular weight excluding hydrogens is 316 g/mol. The predicted molar refractivity (Wildman–Crippen MR) is 86.7 cm³/mol. The summed E-state index contributed by atoms with van der Waals surface area (Å²) in [6.07, 6.45) is 4.18. The lowest BCUT2D eigenvalue weighted by Crippen LogP contribution is -2.48. The molecule has 2 aliphatic heterocycles. The number of nitrogens with zero attached hydrogens (tertiary/aromatic N) is 1. The zero-order valence-corrected chi connectivity index (χ0v) is 14.2. The van der Waals surface area contributed by atoms with Gasteiger partial charge in [-0.2, -0.15) is 0 Å². The van der Waals surface area contributed by atoms with E-state index in [1.807, 2.05) is 6.92 Å². The van der Waals surface area contributed by atoms with E-state index in [4.69, 9.17) is 0 Å². The lowest BCUT2D eigenvalue weighted by molar-refractivity contribution is 0.0787. The third-order valence-corrected chi connectivity index (χ3v) is 6.15. The van der Waals surface area contributed by atoms with Crippen LogP contribution in [0.2, 0.25) is 0 Å². The molecule has 0 aromatic carbocycles. The van der Waals surface area contributed by atoms with Gasteiger partial charge in [-0.1, -0.05) is 6.92 Å². The van der Waals surface area contributed by atoms with E-state index in [1.54, 1.807) is 4.90 Å². The number of sulfonamides is 1. The fourth-order valence-corrected chi connectivity index (χ4v) is 4.57. The number of rotatable bonds is 4. The summed E-state index contributed by atoms with van der Waals surface area (Å²) < 4.78 is 27.8. The minimum absolute atomic E-state index is 0.0751. The molecule has 3 rings (SSSR count). The predicted octanol–water partition coefficient (Wildman–Crippen LogP) is 0.527. The Hall–Kier alpha value is -1.38. The second-order valence-corrected chi connectivity index (χ2v) is 8.16. The summed E-state index contributed by atoms with van der Waals surface area (Å²) in [4.78, 5) is 17.0. The molecule has 2 aliphatic rings. The smallest absolute Gasteiger partial charge is 0.270 e. The first-order chi connectivity index (χ1) is 11.0. The molecule has 2 atom stereocenters. The average molecular weight is 340 g/mol. The Morgan fingerprint density at radius 2 is 2.09 bits per heavy atom. The average Bonchev–Trinajstić information content (AvgIpc) is 3.20. The highest BCUT2D eigenvalue weighted by Crippen LogP contribution is 2.18. The number of hydrogen-bond acceptors (Lipinski definition) is 4. The van der Waals surface area contributed by atoms with Crippen LogP contribution in [0.25, 0.3) is 0 Å². The Labute approximate surface area is 136 Å². The number of aromatic nitrogens is 1. The van der Waals surface area contributed by atoms with Crippen LogP contribution in [-0.4, -0.2) is 56.4 Å². The van der Waals surface area contributed by atoms with Crippen molar-refractivity contribution in [1.29, 1.82) is 0 Å². The van der Waals surface area contributed by atoms with Gasteiger partial charge in [0, 0.05) is 25.3 Å². The summed E-state index contributed by atoms with van der Waals surface area (Å²) in [5, 5.41) is 3.25. The fraction of sp³-hybridized carbons (Fsp3) is 0.667. The molecular formula is C15H24N4O3S. The number of piperidine rings is 1. The zero-order chi connectivity index (χ0) is 16.4. The highest BCUT2D eigenvalue weighted by molar-refractivity contribution is 7.89. The molecule has 1 aromatic rings. The van der Waals surface area contributed by atoms with Gasteiger partial charge in [0.15, 0.2) is 0 Å².